The highest BCUT2D eigenvalue weighted by Gasteiger charge is 2.19. The number of ether oxygens (including phenoxy) is 3. The third-order valence-electron chi connectivity index (χ3n) is 15.1. The van der Waals surface area contributed by atoms with Crippen molar-refractivity contribution in [3.63, 3.8) is 0 Å². The Morgan fingerprint density at radius 3 is 0.563 bits per heavy atom. The van der Waals surface area contributed by atoms with Gasteiger partial charge in [-0.2, -0.15) is 0 Å². The molecule has 422 valence electrons. The number of hydrogen-bond acceptors (Lipinski definition) is 6. The molecule has 6 nitrogen and oxygen atoms in total. The van der Waals surface area contributed by atoms with Crippen LogP contribution >= 0.6 is 0 Å². The van der Waals surface area contributed by atoms with Crippen LogP contribution in [0.5, 0.6) is 0 Å². The molecule has 0 fully saturated rings. The summed E-state index contributed by atoms with van der Waals surface area (Å²) in [5.74, 6) is -0.844. The first-order chi connectivity index (χ1) is 35.0. The van der Waals surface area contributed by atoms with Crippen LogP contribution in [0.15, 0.2) is 0 Å². The van der Waals surface area contributed by atoms with E-state index >= 15 is 0 Å². The molecule has 0 aliphatic carbocycles. The van der Waals surface area contributed by atoms with Crippen LogP contribution in [-0.2, 0) is 28.6 Å². The van der Waals surface area contributed by atoms with E-state index in [2.05, 4.69) is 20.8 Å². The molecular formula is C65H126O6. The van der Waals surface area contributed by atoms with Gasteiger partial charge in [0.2, 0.25) is 0 Å². The predicted octanol–water partition coefficient (Wildman–Crippen LogP) is 21.9. The Labute approximate surface area is 444 Å². The summed E-state index contributed by atoms with van der Waals surface area (Å²) in [5, 5.41) is 0. The van der Waals surface area contributed by atoms with Gasteiger partial charge in [-0.1, -0.05) is 342 Å². The Balaban J connectivity index is 3.88. The van der Waals surface area contributed by atoms with Crippen molar-refractivity contribution in [2.24, 2.45) is 0 Å². The van der Waals surface area contributed by atoms with Crippen LogP contribution in [0, 0.1) is 0 Å². The van der Waals surface area contributed by atoms with Crippen molar-refractivity contribution in [1.82, 2.24) is 0 Å². The van der Waals surface area contributed by atoms with Gasteiger partial charge in [0, 0.05) is 19.3 Å². The van der Waals surface area contributed by atoms with Gasteiger partial charge in [-0.15, -0.1) is 0 Å². The maximum absolute atomic E-state index is 12.8. The highest BCUT2D eigenvalue weighted by molar-refractivity contribution is 5.71. The number of carbonyl (C=O) groups is 3. The summed E-state index contributed by atoms with van der Waals surface area (Å²) >= 11 is 0. The lowest BCUT2D eigenvalue weighted by atomic mass is 10.0. The summed E-state index contributed by atoms with van der Waals surface area (Å²) in [6.45, 7) is 6.65. The number of hydrogen-bond donors (Lipinski definition) is 0. The second kappa shape index (κ2) is 61.0. The molecule has 0 aromatic rings. The number of carbonyl (C=O) groups excluding carboxylic acids is 3. The smallest absolute Gasteiger partial charge is 0.306 e. The van der Waals surface area contributed by atoms with Crippen LogP contribution in [0.25, 0.3) is 0 Å². The van der Waals surface area contributed by atoms with Gasteiger partial charge >= 0.3 is 17.9 Å². The van der Waals surface area contributed by atoms with Gasteiger partial charge in [0.1, 0.15) is 13.2 Å². The van der Waals surface area contributed by atoms with Crippen molar-refractivity contribution in [2.75, 3.05) is 13.2 Å². The van der Waals surface area contributed by atoms with Gasteiger partial charge in [0.05, 0.1) is 0 Å². The minimum atomic E-state index is -0.760. The Morgan fingerprint density at radius 1 is 0.225 bits per heavy atom. The van der Waals surface area contributed by atoms with Crippen molar-refractivity contribution >= 4 is 17.9 Å². The van der Waals surface area contributed by atoms with Crippen LogP contribution in [0.3, 0.4) is 0 Å². The highest BCUT2D eigenvalue weighted by atomic mass is 16.6. The Bertz CT molecular complexity index is 1060. The van der Waals surface area contributed by atoms with E-state index in [-0.39, 0.29) is 31.1 Å². The average Bonchev–Trinajstić information content (AvgIpc) is 3.37. The topological polar surface area (TPSA) is 78.9 Å². The van der Waals surface area contributed by atoms with Crippen molar-refractivity contribution in [1.29, 1.82) is 0 Å². The molecule has 1 unspecified atom stereocenters. The van der Waals surface area contributed by atoms with Gasteiger partial charge in [-0.25, -0.2) is 0 Å². The zero-order valence-corrected chi connectivity index (χ0v) is 48.5. The van der Waals surface area contributed by atoms with E-state index < -0.39 is 6.10 Å². The van der Waals surface area contributed by atoms with Gasteiger partial charge in [0.25, 0.3) is 0 Å². The monoisotopic (exact) mass is 1000 g/mol. The molecule has 0 saturated carbocycles. The van der Waals surface area contributed by atoms with E-state index in [0.717, 1.165) is 57.8 Å². The second-order valence-electron chi connectivity index (χ2n) is 22.4. The third kappa shape index (κ3) is 59.2. The predicted molar refractivity (Wildman–Crippen MR) is 307 cm³/mol. The minimum Gasteiger partial charge on any atom is -0.462 e. The van der Waals surface area contributed by atoms with E-state index in [9.17, 15) is 14.4 Å². The van der Waals surface area contributed by atoms with E-state index in [4.69, 9.17) is 14.2 Å². The molecule has 0 radical (unpaired) electrons. The van der Waals surface area contributed by atoms with Gasteiger partial charge < -0.3 is 14.2 Å². The lowest BCUT2D eigenvalue weighted by molar-refractivity contribution is -0.167. The molecular weight excluding hydrogens is 877 g/mol. The Morgan fingerprint density at radius 2 is 0.380 bits per heavy atom. The summed E-state index contributed by atoms with van der Waals surface area (Å²) in [5.41, 5.74) is 0. The van der Waals surface area contributed by atoms with Crippen LogP contribution in [-0.4, -0.2) is 37.2 Å². The second-order valence-corrected chi connectivity index (χ2v) is 22.4. The van der Waals surface area contributed by atoms with E-state index in [1.165, 1.54) is 283 Å². The van der Waals surface area contributed by atoms with Crippen molar-refractivity contribution in [3.05, 3.63) is 0 Å². The summed E-state index contributed by atoms with van der Waals surface area (Å²) < 4.78 is 16.8. The van der Waals surface area contributed by atoms with Gasteiger partial charge in [0.15, 0.2) is 6.10 Å². The van der Waals surface area contributed by atoms with Gasteiger partial charge in [-0.05, 0) is 19.3 Å². The standard InChI is InChI=1S/C65H126O6/c1-4-7-10-13-16-18-20-22-24-25-26-27-28-29-30-31-32-33-34-35-36-37-38-39-40-42-43-45-47-49-52-55-58-64(67)70-61-62(60-69-63(66)57-54-51-15-12-9-6-3)71-65(68)59-56-53-50-48-46-44-41-23-21-19-17-14-11-8-5-2/h62H,4-61H2,1-3H3. The summed E-state index contributed by atoms with van der Waals surface area (Å²) in [7, 11) is 0. The first-order valence-electron chi connectivity index (χ1n) is 32.5. The van der Waals surface area contributed by atoms with Crippen LogP contribution in [0.4, 0.5) is 0 Å². The summed E-state index contributed by atoms with van der Waals surface area (Å²) in [6, 6.07) is 0. The molecule has 0 N–H and O–H groups in total. The lowest BCUT2D eigenvalue weighted by Crippen LogP contribution is -2.30. The van der Waals surface area contributed by atoms with Crippen molar-refractivity contribution in [2.45, 2.75) is 386 Å². The Hall–Kier alpha value is -1.59. The molecule has 71 heavy (non-hydrogen) atoms. The largest absolute Gasteiger partial charge is 0.462 e. The molecule has 6 heteroatoms. The molecule has 1 atom stereocenters. The minimum absolute atomic E-state index is 0.0621. The molecule has 0 amide bonds. The lowest BCUT2D eigenvalue weighted by Gasteiger charge is -2.18. The third-order valence-corrected chi connectivity index (χ3v) is 15.1. The average molecular weight is 1000 g/mol. The van der Waals surface area contributed by atoms with Crippen molar-refractivity contribution in [3.8, 4) is 0 Å². The van der Waals surface area contributed by atoms with Crippen LogP contribution in [0.1, 0.15) is 380 Å². The van der Waals surface area contributed by atoms with Gasteiger partial charge in [-0.3, -0.25) is 14.4 Å². The quantitative estimate of drug-likeness (QED) is 0.0343. The fraction of sp³-hybridized carbons (Fsp3) is 0.954. The number of unbranched alkanes of at least 4 members (excludes halogenated alkanes) is 50. The zero-order valence-electron chi connectivity index (χ0n) is 48.5. The molecule has 0 aliphatic rings. The SMILES string of the molecule is CCCCCCCCCCCCCCCCCCCCCCCCCCCCCCCCCCC(=O)OCC(COC(=O)CCCCCCCC)OC(=O)CCCCCCCCCCCCCCCCC. The fourth-order valence-electron chi connectivity index (χ4n) is 10.2. The molecule has 0 saturated heterocycles. The maximum atomic E-state index is 12.8. The maximum Gasteiger partial charge on any atom is 0.306 e. The molecule has 0 spiro atoms. The first kappa shape index (κ1) is 69.4. The number of esters is 3. The Kier molecular flexibility index (Phi) is 59.6. The van der Waals surface area contributed by atoms with Crippen LogP contribution < -0.4 is 0 Å². The molecule has 0 rings (SSSR count). The first-order valence-corrected chi connectivity index (χ1v) is 32.5. The van der Waals surface area contributed by atoms with E-state index in [0.29, 0.717) is 19.3 Å². The fourth-order valence-corrected chi connectivity index (χ4v) is 10.2. The molecule has 0 bridgehead atoms. The zero-order chi connectivity index (χ0) is 51.4. The molecule has 0 aliphatic heterocycles. The van der Waals surface area contributed by atoms with E-state index in [1.54, 1.807) is 0 Å². The van der Waals surface area contributed by atoms with Crippen LogP contribution in [0.2, 0.25) is 0 Å². The normalized spacial score (nSPS) is 11.9. The van der Waals surface area contributed by atoms with Crippen molar-refractivity contribution < 1.29 is 28.6 Å². The number of rotatable bonds is 61. The summed E-state index contributed by atoms with van der Waals surface area (Å²) in [6.07, 6.45) is 70.3. The summed E-state index contributed by atoms with van der Waals surface area (Å²) in [4.78, 5) is 37.9. The molecule has 0 aromatic heterocycles. The van der Waals surface area contributed by atoms with E-state index in [1.807, 2.05) is 0 Å². The molecule has 0 heterocycles. The highest BCUT2D eigenvalue weighted by Crippen LogP contribution is 2.19. The molecule has 0 aromatic carbocycles.